The molecule has 0 bridgehead atoms. The fraction of sp³-hybridized carbons (Fsp3) is 0.286. The Balaban J connectivity index is 2.37. The van der Waals surface area contributed by atoms with E-state index in [0.29, 0.717) is 23.7 Å². The molecule has 1 atom stereocenters. The van der Waals surface area contributed by atoms with Crippen LogP contribution < -0.4 is 11.1 Å². The molecule has 2 rings (SSSR count). The van der Waals surface area contributed by atoms with E-state index < -0.39 is 0 Å². The average molecular weight is 278 g/mol. The summed E-state index contributed by atoms with van der Waals surface area (Å²) in [4.78, 5) is 16.3. The van der Waals surface area contributed by atoms with Crippen molar-refractivity contribution in [2.75, 3.05) is 11.9 Å². The highest BCUT2D eigenvalue weighted by Crippen LogP contribution is 2.26. The summed E-state index contributed by atoms with van der Waals surface area (Å²) < 4.78 is 0. The van der Waals surface area contributed by atoms with Crippen molar-refractivity contribution in [3.8, 4) is 0 Å². The first-order valence-electron chi connectivity index (χ1n) is 6.21. The molecule has 1 aromatic carbocycles. The lowest BCUT2D eigenvalue weighted by Crippen LogP contribution is -2.28. The molecule has 19 heavy (non-hydrogen) atoms. The van der Waals surface area contributed by atoms with Crippen molar-refractivity contribution in [2.24, 2.45) is 11.7 Å². The number of pyridine rings is 1. The molecule has 0 spiro atoms. The second-order valence-electron chi connectivity index (χ2n) is 4.36. The van der Waals surface area contributed by atoms with Crippen LogP contribution in [0.4, 0.5) is 5.69 Å². The van der Waals surface area contributed by atoms with E-state index in [2.05, 4.69) is 10.3 Å². The Morgan fingerprint density at radius 2 is 2.32 bits per heavy atom. The van der Waals surface area contributed by atoms with Gasteiger partial charge in [-0.15, -0.1) is 0 Å². The molecule has 1 amide bonds. The summed E-state index contributed by atoms with van der Waals surface area (Å²) in [5.41, 5.74) is 6.93. The van der Waals surface area contributed by atoms with E-state index in [0.717, 1.165) is 10.9 Å². The summed E-state index contributed by atoms with van der Waals surface area (Å²) in [5, 5.41) is 4.32. The van der Waals surface area contributed by atoms with Crippen LogP contribution in [0, 0.1) is 5.92 Å². The summed E-state index contributed by atoms with van der Waals surface area (Å²) in [7, 11) is 0. The second-order valence-corrected chi connectivity index (χ2v) is 4.80. The number of benzene rings is 1. The van der Waals surface area contributed by atoms with Crippen LogP contribution in [0.5, 0.6) is 0 Å². The Hall–Kier alpha value is -1.65. The van der Waals surface area contributed by atoms with E-state index >= 15 is 0 Å². The lowest BCUT2D eigenvalue weighted by atomic mass is 10.1. The minimum Gasteiger partial charge on any atom is -0.330 e. The number of hydrogen-bond donors (Lipinski definition) is 2. The van der Waals surface area contributed by atoms with Crippen LogP contribution in [-0.2, 0) is 4.79 Å². The van der Waals surface area contributed by atoms with Crippen LogP contribution in [0.15, 0.2) is 30.5 Å². The van der Waals surface area contributed by atoms with Gasteiger partial charge in [-0.3, -0.25) is 9.78 Å². The number of fused-ring (bicyclic) bond motifs is 1. The largest absolute Gasteiger partial charge is 0.330 e. The zero-order valence-electron chi connectivity index (χ0n) is 10.7. The molecule has 5 heteroatoms. The summed E-state index contributed by atoms with van der Waals surface area (Å²) >= 11 is 6.05. The quantitative estimate of drug-likeness (QED) is 0.903. The fourth-order valence-electron chi connectivity index (χ4n) is 1.94. The molecule has 3 N–H and O–H groups in total. The highest BCUT2D eigenvalue weighted by atomic mass is 35.5. The summed E-state index contributed by atoms with van der Waals surface area (Å²) in [5.74, 6) is -0.294. The van der Waals surface area contributed by atoms with Crippen LogP contribution in [0.2, 0.25) is 5.02 Å². The second kappa shape index (κ2) is 5.99. The molecule has 1 aromatic heterocycles. The third kappa shape index (κ3) is 3.03. The van der Waals surface area contributed by atoms with Gasteiger partial charge in [-0.05, 0) is 24.6 Å². The number of nitrogens with one attached hydrogen (secondary N) is 1. The van der Waals surface area contributed by atoms with Gasteiger partial charge in [0.15, 0.2) is 0 Å². The number of amides is 1. The van der Waals surface area contributed by atoms with Crippen LogP contribution in [-0.4, -0.2) is 17.4 Å². The topological polar surface area (TPSA) is 68.0 Å². The minimum atomic E-state index is -0.197. The van der Waals surface area contributed by atoms with Gasteiger partial charge >= 0.3 is 0 Å². The Morgan fingerprint density at radius 1 is 1.53 bits per heavy atom. The van der Waals surface area contributed by atoms with E-state index in [1.54, 1.807) is 12.3 Å². The first-order valence-corrected chi connectivity index (χ1v) is 6.58. The van der Waals surface area contributed by atoms with Crippen LogP contribution in [0.25, 0.3) is 10.9 Å². The maximum atomic E-state index is 12.1. The molecule has 0 aliphatic rings. The standard InChI is InChI=1S/C14H16ClN3O/c1-2-9(8-16)14(19)18-12-7-11(15)6-10-4-3-5-17-13(10)12/h3-7,9H,2,8,16H2,1H3,(H,18,19). The maximum Gasteiger partial charge on any atom is 0.228 e. The molecule has 0 saturated carbocycles. The SMILES string of the molecule is CCC(CN)C(=O)Nc1cc(Cl)cc2cccnc12. The Bertz CT molecular complexity index is 596. The van der Waals surface area contributed by atoms with Gasteiger partial charge < -0.3 is 11.1 Å². The first kappa shape index (κ1) is 13.8. The Kier molecular flexibility index (Phi) is 4.35. The van der Waals surface area contributed by atoms with Crippen molar-refractivity contribution in [3.05, 3.63) is 35.5 Å². The highest BCUT2D eigenvalue weighted by molar-refractivity contribution is 6.32. The molecular weight excluding hydrogens is 262 g/mol. The van der Waals surface area contributed by atoms with Crippen molar-refractivity contribution < 1.29 is 4.79 Å². The molecule has 1 unspecified atom stereocenters. The first-order chi connectivity index (χ1) is 9.15. The third-order valence-corrected chi connectivity index (χ3v) is 3.29. The number of aromatic nitrogens is 1. The lowest BCUT2D eigenvalue weighted by molar-refractivity contribution is -0.119. The molecule has 0 radical (unpaired) electrons. The Morgan fingerprint density at radius 3 is 3.00 bits per heavy atom. The molecular formula is C14H16ClN3O. The van der Waals surface area contributed by atoms with Gasteiger partial charge in [0.1, 0.15) is 0 Å². The smallest absolute Gasteiger partial charge is 0.228 e. The normalized spacial score (nSPS) is 12.4. The number of carbonyl (C=O) groups excluding carboxylic acids is 1. The average Bonchev–Trinajstić information content (AvgIpc) is 2.40. The van der Waals surface area contributed by atoms with Gasteiger partial charge in [-0.1, -0.05) is 24.6 Å². The minimum absolute atomic E-state index is 0.0979. The van der Waals surface area contributed by atoms with E-state index in [1.165, 1.54) is 0 Å². The predicted molar refractivity (Wildman–Crippen MR) is 78.2 cm³/mol. The van der Waals surface area contributed by atoms with Crippen molar-refractivity contribution in [3.63, 3.8) is 0 Å². The fourth-order valence-corrected chi connectivity index (χ4v) is 2.17. The van der Waals surface area contributed by atoms with Crippen LogP contribution in [0.3, 0.4) is 0 Å². The van der Waals surface area contributed by atoms with Gasteiger partial charge in [0.2, 0.25) is 5.91 Å². The number of rotatable bonds is 4. The van der Waals surface area contributed by atoms with Gasteiger partial charge in [0.05, 0.1) is 17.1 Å². The molecule has 100 valence electrons. The van der Waals surface area contributed by atoms with E-state index in [1.807, 2.05) is 25.1 Å². The van der Waals surface area contributed by atoms with Crippen LogP contribution >= 0.6 is 11.6 Å². The molecule has 4 nitrogen and oxygen atoms in total. The monoisotopic (exact) mass is 277 g/mol. The number of halogens is 1. The molecule has 0 saturated heterocycles. The van der Waals surface area contributed by atoms with E-state index in [4.69, 9.17) is 17.3 Å². The van der Waals surface area contributed by atoms with E-state index in [9.17, 15) is 4.79 Å². The van der Waals surface area contributed by atoms with Crippen molar-refractivity contribution >= 4 is 34.1 Å². The van der Waals surface area contributed by atoms with Crippen LogP contribution in [0.1, 0.15) is 13.3 Å². The van der Waals surface area contributed by atoms with Gasteiger partial charge in [-0.25, -0.2) is 0 Å². The lowest BCUT2D eigenvalue weighted by Gasteiger charge is -2.14. The van der Waals surface area contributed by atoms with Crippen molar-refractivity contribution in [1.29, 1.82) is 0 Å². The molecule has 2 aromatic rings. The summed E-state index contributed by atoms with van der Waals surface area (Å²) in [6.45, 7) is 2.26. The number of hydrogen-bond acceptors (Lipinski definition) is 3. The van der Waals surface area contributed by atoms with Gasteiger partial charge in [0, 0.05) is 23.2 Å². The molecule has 1 heterocycles. The third-order valence-electron chi connectivity index (χ3n) is 3.08. The molecule has 0 fully saturated rings. The number of nitrogens with two attached hydrogens (primary N) is 1. The zero-order chi connectivity index (χ0) is 13.8. The van der Waals surface area contributed by atoms with Crippen molar-refractivity contribution in [2.45, 2.75) is 13.3 Å². The number of carbonyl (C=O) groups is 1. The zero-order valence-corrected chi connectivity index (χ0v) is 11.4. The summed E-state index contributed by atoms with van der Waals surface area (Å²) in [6.07, 6.45) is 2.39. The maximum absolute atomic E-state index is 12.1. The molecule has 0 aliphatic carbocycles. The number of nitrogens with zero attached hydrogens (tertiary/aromatic N) is 1. The van der Waals surface area contributed by atoms with E-state index in [-0.39, 0.29) is 11.8 Å². The van der Waals surface area contributed by atoms with Gasteiger partial charge in [0.25, 0.3) is 0 Å². The van der Waals surface area contributed by atoms with Crippen molar-refractivity contribution in [1.82, 2.24) is 4.98 Å². The predicted octanol–water partition coefficient (Wildman–Crippen LogP) is 2.81. The summed E-state index contributed by atoms with van der Waals surface area (Å²) in [6, 6.07) is 7.26. The molecule has 0 aliphatic heterocycles. The van der Waals surface area contributed by atoms with Gasteiger partial charge in [-0.2, -0.15) is 0 Å². The highest BCUT2D eigenvalue weighted by Gasteiger charge is 2.16. The number of anilines is 1. The Labute approximate surface area is 117 Å².